The van der Waals surface area contributed by atoms with Gasteiger partial charge in [-0.1, -0.05) is 23.8 Å². The summed E-state index contributed by atoms with van der Waals surface area (Å²) < 4.78 is 4.97. The molecule has 22 heavy (non-hydrogen) atoms. The van der Waals surface area contributed by atoms with Crippen molar-refractivity contribution >= 4 is 17.6 Å². The van der Waals surface area contributed by atoms with Crippen molar-refractivity contribution in [3.8, 4) is 0 Å². The van der Waals surface area contributed by atoms with Crippen LogP contribution in [-0.4, -0.2) is 36.5 Å². The number of carbonyl (C=O) groups excluding carboxylic acids is 2. The number of hydrogen-bond donors (Lipinski definition) is 1. The summed E-state index contributed by atoms with van der Waals surface area (Å²) in [6, 6.07) is 6.02. The van der Waals surface area contributed by atoms with Crippen LogP contribution in [0.4, 0.5) is 5.69 Å². The number of benzene rings is 1. The molecule has 1 aromatic carbocycles. The summed E-state index contributed by atoms with van der Waals surface area (Å²) >= 11 is 0. The van der Waals surface area contributed by atoms with Crippen molar-refractivity contribution in [1.29, 1.82) is 0 Å². The lowest BCUT2D eigenvalue weighted by Gasteiger charge is -2.35. The van der Waals surface area contributed by atoms with E-state index >= 15 is 0 Å². The summed E-state index contributed by atoms with van der Waals surface area (Å²) in [5, 5.41) is 2.95. The molecule has 0 aromatic heterocycles. The van der Waals surface area contributed by atoms with Crippen LogP contribution in [0.15, 0.2) is 29.8 Å². The van der Waals surface area contributed by atoms with Gasteiger partial charge >= 0.3 is 5.97 Å². The predicted octanol–water partition coefficient (Wildman–Crippen LogP) is 1.72. The Morgan fingerprint density at radius 2 is 2.27 bits per heavy atom. The normalized spacial score (nSPS) is 29.3. The maximum absolute atomic E-state index is 12.9. The van der Waals surface area contributed by atoms with E-state index in [9.17, 15) is 9.59 Å². The van der Waals surface area contributed by atoms with Gasteiger partial charge in [0.25, 0.3) is 5.91 Å². The minimum absolute atomic E-state index is 0.131. The largest absolute Gasteiger partial charge is 0.466 e. The van der Waals surface area contributed by atoms with Gasteiger partial charge in [0.05, 0.1) is 12.7 Å². The molecule has 1 aromatic rings. The third-order valence-corrected chi connectivity index (χ3v) is 5.03. The highest BCUT2D eigenvalue weighted by Gasteiger charge is 2.61. The molecule has 0 saturated carbocycles. The molecule has 5 nitrogen and oxygen atoms in total. The molecule has 3 aliphatic heterocycles. The highest BCUT2D eigenvalue weighted by atomic mass is 16.5. The molecule has 0 radical (unpaired) electrons. The Labute approximate surface area is 128 Å². The van der Waals surface area contributed by atoms with Crippen molar-refractivity contribution in [2.45, 2.75) is 31.3 Å². The van der Waals surface area contributed by atoms with Crippen LogP contribution in [0.3, 0.4) is 0 Å². The summed E-state index contributed by atoms with van der Waals surface area (Å²) in [5.74, 6) is -0.562. The van der Waals surface area contributed by atoms with E-state index in [2.05, 4.69) is 10.2 Å². The fourth-order valence-corrected chi connectivity index (χ4v) is 4.13. The summed E-state index contributed by atoms with van der Waals surface area (Å²) in [4.78, 5) is 27.4. The number of amides is 1. The Kier molecular flexibility index (Phi) is 2.72. The minimum Gasteiger partial charge on any atom is -0.466 e. The molecule has 1 saturated heterocycles. The van der Waals surface area contributed by atoms with Crippen LogP contribution >= 0.6 is 0 Å². The summed E-state index contributed by atoms with van der Waals surface area (Å²) in [7, 11) is 1.37. The standard InChI is InChI=1S/C17H18N2O3/c1-10-5-6-14-12(8-10)17(16(21)18-14)13(15(20)22-2)9-11-4-3-7-19(11)17/h5-6,8-9,11H,3-4,7H2,1-2H3,(H,18,21)/t11-,17+/m0/s1. The summed E-state index contributed by atoms with van der Waals surface area (Å²) in [6.45, 7) is 2.80. The maximum atomic E-state index is 12.9. The van der Waals surface area contributed by atoms with Crippen LogP contribution in [0.2, 0.25) is 0 Å². The SMILES string of the molecule is COC(=O)C1=C[C@@H]2CCCN2[C@@]12C(=O)Nc1ccc(C)cc12. The number of rotatable bonds is 1. The first-order valence-electron chi connectivity index (χ1n) is 7.59. The number of nitrogens with one attached hydrogen (secondary N) is 1. The topological polar surface area (TPSA) is 58.6 Å². The third kappa shape index (κ3) is 1.47. The first-order valence-corrected chi connectivity index (χ1v) is 7.59. The Bertz CT molecular complexity index is 725. The smallest absolute Gasteiger partial charge is 0.336 e. The maximum Gasteiger partial charge on any atom is 0.336 e. The summed E-state index contributed by atoms with van der Waals surface area (Å²) in [5.41, 5.74) is 2.18. The van der Waals surface area contributed by atoms with Gasteiger partial charge in [-0.25, -0.2) is 4.79 Å². The zero-order valence-corrected chi connectivity index (χ0v) is 12.7. The number of esters is 1. The first-order chi connectivity index (χ1) is 10.6. The van der Waals surface area contributed by atoms with Crippen LogP contribution in [0.1, 0.15) is 24.0 Å². The average Bonchev–Trinajstić information content (AvgIpc) is 3.14. The number of aryl methyl sites for hydroxylation is 1. The Balaban J connectivity index is 1.98. The molecule has 3 aliphatic rings. The zero-order chi connectivity index (χ0) is 15.5. The molecule has 1 amide bonds. The van der Waals surface area contributed by atoms with E-state index < -0.39 is 11.5 Å². The number of methoxy groups -OCH3 is 1. The second-order valence-corrected chi connectivity index (χ2v) is 6.19. The third-order valence-electron chi connectivity index (χ3n) is 5.03. The van der Waals surface area contributed by atoms with Crippen molar-refractivity contribution in [1.82, 2.24) is 4.90 Å². The van der Waals surface area contributed by atoms with Gasteiger partial charge in [0.15, 0.2) is 5.54 Å². The first kappa shape index (κ1) is 13.5. The second-order valence-electron chi connectivity index (χ2n) is 6.19. The monoisotopic (exact) mass is 298 g/mol. The lowest BCUT2D eigenvalue weighted by atomic mass is 9.83. The summed E-state index contributed by atoms with van der Waals surface area (Å²) in [6.07, 6.45) is 3.93. The molecule has 0 aliphatic carbocycles. The average molecular weight is 298 g/mol. The minimum atomic E-state index is -1.02. The molecule has 1 N–H and O–H groups in total. The van der Waals surface area contributed by atoms with Crippen molar-refractivity contribution < 1.29 is 14.3 Å². The van der Waals surface area contributed by atoms with Gasteiger partial charge in [0.1, 0.15) is 0 Å². The van der Waals surface area contributed by atoms with Gasteiger partial charge in [-0.2, -0.15) is 0 Å². The molecular weight excluding hydrogens is 280 g/mol. The Morgan fingerprint density at radius 1 is 1.45 bits per heavy atom. The molecule has 2 atom stereocenters. The van der Waals surface area contributed by atoms with Gasteiger partial charge in [-0.05, 0) is 25.8 Å². The van der Waals surface area contributed by atoms with Crippen molar-refractivity contribution in [2.24, 2.45) is 0 Å². The van der Waals surface area contributed by atoms with Gasteiger partial charge in [0, 0.05) is 23.8 Å². The Morgan fingerprint density at radius 3 is 3.05 bits per heavy atom. The van der Waals surface area contributed by atoms with E-state index in [0.29, 0.717) is 5.57 Å². The quantitative estimate of drug-likeness (QED) is 0.802. The van der Waals surface area contributed by atoms with E-state index in [4.69, 9.17) is 4.74 Å². The molecular formula is C17H18N2O3. The molecule has 1 spiro atoms. The molecule has 3 heterocycles. The fraction of sp³-hybridized carbons (Fsp3) is 0.412. The highest BCUT2D eigenvalue weighted by molar-refractivity contribution is 6.14. The highest BCUT2D eigenvalue weighted by Crippen LogP contribution is 2.52. The van der Waals surface area contributed by atoms with Gasteiger partial charge in [-0.3, -0.25) is 9.69 Å². The van der Waals surface area contributed by atoms with E-state index in [1.165, 1.54) is 7.11 Å². The number of nitrogens with zero attached hydrogens (tertiary/aromatic N) is 1. The number of fused-ring (bicyclic) bond motifs is 4. The van der Waals surface area contributed by atoms with Crippen molar-refractivity contribution in [2.75, 3.05) is 19.0 Å². The van der Waals surface area contributed by atoms with E-state index in [1.54, 1.807) is 0 Å². The van der Waals surface area contributed by atoms with Crippen LogP contribution < -0.4 is 5.32 Å². The number of anilines is 1. The zero-order valence-electron chi connectivity index (χ0n) is 12.7. The lowest BCUT2D eigenvalue weighted by molar-refractivity contribution is -0.140. The van der Waals surface area contributed by atoms with Gasteiger partial charge in [-0.15, -0.1) is 0 Å². The van der Waals surface area contributed by atoms with E-state index in [1.807, 2.05) is 31.2 Å². The number of ether oxygens (including phenoxy) is 1. The van der Waals surface area contributed by atoms with Crippen molar-refractivity contribution in [3.05, 3.63) is 41.0 Å². The van der Waals surface area contributed by atoms with Crippen molar-refractivity contribution in [3.63, 3.8) is 0 Å². The van der Waals surface area contributed by atoms with Crippen LogP contribution in [0.5, 0.6) is 0 Å². The number of hydrogen-bond acceptors (Lipinski definition) is 4. The predicted molar refractivity (Wildman–Crippen MR) is 81.3 cm³/mol. The van der Waals surface area contributed by atoms with Crippen LogP contribution in [-0.2, 0) is 19.9 Å². The lowest BCUT2D eigenvalue weighted by Crippen LogP contribution is -2.51. The number of carbonyl (C=O) groups is 2. The molecule has 1 fully saturated rings. The van der Waals surface area contributed by atoms with E-state index in [0.717, 1.165) is 36.2 Å². The molecule has 0 bridgehead atoms. The molecule has 0 unspecified atom stereocenters. The van der Waals surface area contributed by atoms with Crippen LogP contribution in [0.25, 0.3) is 0 Å². The fourth-order valence-electron chi connectivity index (χ4n) is 4.13. The van der Waals surface area contributed by atoms with Gasteiger partial charge in [0.2, 0.25) is 0 Å². The Hall–Kier alpha value is -2.14. The van der Waals surface area contributed by atoms with E-state index in [-0.39, 0.29) is 11.9 Å². The molecule has 4 rings (SSSR count). The second kappa shape index (κ2) is 4.43. The van der Waals surface area contributed by atoms with Crippen LogP contribution in [0, 0.1) is 6.92 Å². The molecule has 5 heteroatoms. The molecule has 114 valence electrons. The van der Waals surface area contributed by atoms with Gasteiger partial charge < -0.3 is 10.1 Å².